The van der Waals surface area contributed by atoms with Crippen LogP contribution < -0.4 is 0 Å². The molecule has 0 radical (unpaired) electrons. The standard InChI is InChI=1S/C16H32O4/c1-3-5-7-9-11-13-15-18-20-19-16(17)14-12-10-8-6-4-2/h3-15H2,1-2H3. The fourth-order valence-electron chi connectivity index (χ4n) is 1.95. The lowest BCUT2D eigenvalue weighted by atomic mass is 10.1. The molecular weight excluding hydrogens is 256 g/mol. The first kappa shape index (κ1) is 19.4. The van der Waals surface area contributed by atoms with Gasteiger partial charge in [0.2, 0.25) is 0 Å². The van der Waals surface area contributed by atoms with Crippen LogP contribution in [-0.2, 0) is 19.6 Å². The monoisotopic (exact) mass is 288 g/mol. The zero-order valence-corrected chi connectivity index (χ0v) is 13.3. The Morgan fingerprint density at radius 3 is 1.95 bits per heavy atom. The minimum Gasteiger partial charge on any atom is -0.269 e. The SMILES string of the molecule is CCCCCCCCOOOC(=O)CCCCCCC. The molecule has 0 amide bonds. The van der Waals surface area contributed by atoms with Gasteiger partial charge in [0, 0.05) is 6.42 Å². The summed E-state index contributed by atoms with van der Waals surface area (Å²) in [5.41, 5.74) is 0. The Labute approximate surface area is 124 Å². The Morgan fingerprint density at radius 1 is 0.750 bits per heavy atom. The molecule has 0 saturated heterocycles. The number of hydrogen-bond acceptors (Lipinski definition) is 4. The highest BCUT2D eigenvalue weighted by Gasteiger charge is 2.04. The van der Waals surface area contributed by atoms with Crippen molar-refractivity contribution < 1.29 is 19.6 Å². The van der Waals surface area contributed by atoms with Crippen LogP contribution in [0.5, 0.6) is 0 Å². The van der Waals surface area contributed by atoms with Crippen molar-refractivity contribution in [3.63, 3.8) is 0 Å². The highest BCUT2D eigenvalue weighted by atomic mass is 17.5. The molecule has 0 fully saturated rings. The summed E-state index contributed by atoms with van der Waals surface area (Å²) in [4.78, 5) is 20.6. The lowest BCUT2D eigenvalue weighted by Gasteiger charge is -2.03. The van der Waals surface area contributed by atoms with Gasteiger partial charge in [0.15, 0.2) is 0 Å². The van der Waals surface area contributed by atoms with Gasteiger partial charge in [-0.1, -0.05) is 71.6 Å². The maximum Gasteiger partial charge on any atom is 0.345 e. The molecule has 0 N–H and O–H groups in total. The molecular formula is C16H32O4. The lowest BCUT2D eigenvalue weighted by Crippen LogP contribution is -2.06. The predicted octanol–water partition coefficient (Wildman–Crippen LogP) is 5.11. The summed E-state index contributed by atoms with van der Waals surface area (Å²) in [6.07, 6.45) is 13.1. The highest BCUT2D eigenvalue weighted by molar-refractivity contribution is 5.68. The first-order chi connectivity index (χ1) is 9.81. The van der Waals surface area contributed by atoms with Gasteiger partial charge in [-0.3, -0.25) is 4.89 Å². The van der Waals surface area contributed by atoms with Crippen molar-refractivity contribution in [3.05, 3.63) is 0 Å². The molecule has 0 heterocycles. The van der Waals surface area contributed by atoms with E-state index in [0.717, 1.165) is 25.7 Å². The molecule has 0 aliphatic heterocycles. The molecule has 0 aromatic heterocycles. The van der Waals surface area contributed by atoms with E-state index in [-0.39, 0.29) is 5.97 Å². The molecule has 0 aliphatic carbocycles. The van der Waals surface area contributed by atoms with E-state index in [9.17, 15) is 4.79 Å². The second kappa shape index (κ2) is 16.4. The van der Waals surface area contributed by atoms with Gasteiger partial charge in [-0.25, -0.2) is 4.79 Å². The van der Waals surface area contributed by atoms with Crippen molar-refractivity contribution in [2.24, 2.45) is 0 Å². The van der Waals surface area contributed by atoms with Crippen molar-refractivity contribution in [1.29, 1.82) is 0 Å². The Bertz CT molecular complexity index is 207. The van der Waals surface area contributed by atoms with E-state index in [1.807, 2.05) is 0 Å². The zero-order valence-electron chi connectivity index (χ0n) is 13.3. The van der Waals surface area contributed by atoms with E-state index in [1.165, 1.54) is 44.9 Å². The summed E-state index contributed by atoms with van der Waals surface area (Å²) in [7, 11) is 0. The molecule has 0 unspecified atom stereocenters. The topological polar surface area (TPSA) is 44.8 Å². The van der Waals surface area contributed by atoms with Gasteiger partial charge in [0.05, 0.1) is 6.61 Å². The van der Waals surface area contributed by atoms with E-state index < -0.39 is 0 Å². The largest absolute Gasteiger partial charge is 0.345 e. The summed E-state index contributed by atoms with van der Waals surface area (Å²) >= 11 is 0. The van der Waals surface area contributed by atoms with E-state index >= 15 is 0 Å². The van der Waals surface area contributed by atoms with Crippen LogP contribution >= 0.6 is 0 Å². The number of unbranched alkanes of at least 4 members (excludes halogenated alkanes) is 9. The molecule has 0 atom stereocenters. The summed E-state index contributed by atoms with van der Waals surface area (Å²) in [5.74, 6) is -0.343. The van der Waals surface area contributed by atoms with Crippen LogP contribution in [0.4, 0.5) is 0 Å². The van der Waals surface area contributed by atoms with Crippen molar-refractivity contribution >= 4 is 5.97 Å². The fourth-order valence-corrected chi connectivity index (χ4v) is 1.95. The van der Waals surface area contributed by atoms with E-state index in [0.29, 0.717) is 13.0 Å². The Kier molecular flexibility index (Phi) is 15.9. The minimum absolute atomic E-state index is 0.343. The van der Waals surface area contributed by atoms with Crippen molar-refractivity contribution in [2.45, 2.75) is 90.9 Å². The van der Waals surface area contributed by atoms with Crippen molar-refractivity contribution in [1.82, 2.24) is 0 Å². The molecule has 0 saturated carbocycles. The van der Waals surface area contributed by atoms with Gasteiger partial charge in [0.25, 0.3) is 0 Å². The van der Waals surface area contributed by atoms with E-state index in [1.54, 1.807) is 0 Å². The number of hydrogen-bond donors (Lipinski definition) is 0. The van der Waals surface area contributed by atoms with Gasteiger partial charge in [0.1, 0.15) is 0 Å². The molecule has 120 valence electrons. The minimum atomic E-state index is -0.343. The first-order valence-corrected chi connectivity index (χ1v) is 8.30. The van der Waals surface area contributed by atoms with Crippen LogP contribution in [0.2, 0.25) is 0 Å². The predicted molar refractivity (Wildman–Crippen MR) is 79.9 cm³/mol. The van der Waals surface area contributed by atoms with Crippen LogP contribution in [0, 0.1) is 0 Å². The Hall–Kier alpha value is -0.610. The third-order valence-electron chi connectivity index (χ3n) is 3.24. The Morgan fingerprint density at radius 2 is 1.30 bits per heavy atom. The summed E-state index contributed by atoms with van der Waals surface area (Å²) < 4.78 is 0. The van der Waals surface area contributed by atoms with Gasteiger partial charge in [-0.2, -0.15) is 4.89 Å². The molecule has 20 heavy (non-hydrogen) atoms. The van der Waals surface area contributed by atoms with Gasteiger partial charge >= 0.3 is 5.97 Å². The third kappa shape index (κ3) is 15.4. The van der Waals surface area contributed by atoms with Crippen molar-refractivity contribution in [2.75, 3.05) is 6.61 Å². The fraction of sp³-hybridized carbons (Fsp3) is 0.938. The smallest absolute Gasteiger partial charge is 0.269 e. The maximum absolute atomic E-state index is 11.3. The summed E-state index contributed by atoms with van der Waals surface area (Å²) in [6, 6.07) is 0. The molecule has 0 bridgehead atoms. The normalized spacial score (nSPS) is 10.7. The Balaban J connectivity index is 3.11. The maximum atomic E-state index is 11.3. The molecule has 0 aliphatic rings. The molecule has 4 heteroatoms. The average molecular weight is 288 g/mol. The second-order valence-electron chi connectivity index (χ2n) is 5.28. The highest BCUT2D eigenvalue weighted by Crippen LogP contribution is 2.07. The number of carbonyl (C=O) groups is 1. The quantitative estimate of drug-likeness (QED) is 0.238. The number of rotatable bonds is 15. The van der Waals surface area contributed by atoms with Crippen LogP contribution in [0.3, 0.4) is 0 Å². The first-order valence-electron chi connectivity index (χ1n) is 8.30. The average Bonchev–Trinajstić information content (AvgIpc) is 2.45. The van der Waals surface area contributed by atoms with Crippen LogP contribution in [0.1, 0.15) is 90.9 Å². The van der Waals surface area contributed by atoms with Crippen LogP contribution in [-0.4, -0.2) is 12.6 Å². The summed E-state index contributed by atoms with van der Waals surface area (Å²) in [6.45, 7) is 4.86. The van der Waals surface area contributed by atoms with E-state index in [4.69, 9.17) is 4.89 Å². The molecule has 0 spiro atoms. The van der Waals surface area contributed by atoms with E-state index in [2.05, 4.69) is 23.8 Å². The molecule has 4 nitrogen and oxygen atoms in total. The van der Waals surface area contributed by atoms with Gasteiger partial charge in [-0.15, -0.1) is 0 Å². The molecule has 0 aromatic carbocycles. The molecule has 0 rings (SSSR count). The van der Waals surface area contributed by atoms with Crippen LogP contribution in [0.15, 0.2) is 0 Å². The third-order valence-corrected chi connectivity index (χ3v) is 3.24. The lowest BCUT2D eigenvalue weighted by molar-refractivity contribution is -0.486. The second-order valence-corrected chi connectivity index (χ2v) is 5.28. The van der Waals surface area contributed by atoms with Gasteiger partial charge < -0.3 is 0 Å². The van der Waals surface area contributed by atoms with Crippen molar-refractivity contribution in [3.8, 4) is 0 Å². The number of carbonyl (C=O) groups excluding carboxylic acids is 1. The molecule has 0 aromatic rings. The van der Waals surface area contributed by atoms with Gasteiger partial charge in [-0.05, 0) is 17.9 Å². The van der Waals surface area contributed by atoms with Crippen LogP contribution in [0.25, 0.3) is 0 Å². The summed E-state index contributed by atoms with van der Waals surface area (Å²) in [5, 5.41) is 4.45. The zero-order chi connectivity index (χ0) is 14.9.